The summed E-state index contributed by atoms with van der Waals surface area (Å²) in [4.78, 5) is 3.95. The lowest BCUT2D eigenvalue weighted by atomic mass is 10.1. The van der Waals surface area contributed by atoms with Gasteiger partial charge in [-0.2, -0.15) is 0 Å². The number of aromatic nitrogens is 1. The molecule has 63 valence electrons. The predicted molar refractivity (Wildman–Crippen MR) is 48.5 cm³/mol. The predicted octanol–water partition coefficient (Wildman–Crippen LogP) is 2.69. The van der Waals surface area contributed by atoms with Gasteiger partial charge >= 0.3 is 0 Å². The second-order valence-electron chi connectivity index (χ2n) is 2.68. The molecule has 1 heterocycles. The van der Waals surface area contributed by atoms with Crippen molar-refractivity contribution in [1.29, 1.82) is 0 Å². The van der Waals surface area contributed by atoms with Crippen molar-refractivity contribution < 1.29 is 4.39 Å². The minimum absolute atomic E-state index is 0.277. The number of hydrogen-bond acceptors (Lipinski definition) is 1. The molecule has 2 rings (SSSR count). The molecule has 0 amide bonds. The molecular formula is C11H7FN. The van der Waals surface area contributed by atoms with Gasteiger partial charge in [0.2, 0.25) is 0 Å². The van der Waals surface area contributed by atoms with Crippen LogP contribution < -0.4 is 0 Å². The number of nitrogens with zero attached hydrogens (tertiary/aromatic N) is 1. The Balaban J connectivity index is 2.48. The molecule has 0 aliphatic rings. The van der Waals surface area contributed by atoms with Gasteiger partial charge < -0.3 is 0 Å². The highest BCUT2D eigenvalue weighted by Gasteiger charge is 1.97. The van der Waals surface area contributed by atoms with Crippen LogP contribution >= 0.6 is 0 Å². The molecule has 0 unspecified atom stereocenters. The van der Waals surface area contributed by atoms with E-state index in [0.717, 1.165) is 11.1 Å². The molecule has 0 aliphatic carbocycles. The van der Waals surface area contributed by atoms with Crippen molar-refractivity contribution in [2.75, 3.05) is 0 Å². The maximum atomic E-state index is 12.8. The van der Waals surface area contributed by atoms with E-state index >= 15 is 0 Å². The van der Waals surface area contributed by atoms with Crippen LogP contribution in [0.3, 0.4) is 0 Å². The van der Waals surface area contributed by atoms with Gasteiger partial charge in [-0.1, -0.05) is 6.07 Å². The Labute approximate surface area is 75.9 Å². The minimum Gasteiger partial charge on any atom is -0.264 e. The zero-order valence-electron chi connectivity index (χ0n) is 6.87. The van der Waals surface area contributed by atoms with Crippen LogP contribution in [0.2, 0.25) is 0 Å². The first-order chi connectivity index (χ1) is 6.36. The number of rotatable bonds is 1. The molecule has 0 spiro atoms. The normalized spacial score (nSPS) is 9.92. The van der Waals surface area contributed by atoms with Gasteiger partial charge in [0.1, 0.15) is 5.82 Å². The smallest absolute Gasteiger partial charge is 0.124 e. The molecule has 1 aromatic carbocycles. The van der Waals surface area contributed by atoms with Gasteiger partial charge in [0, 0.05) is 18.0 Å². The van der Waals surface area contributed by atoms with E-state index in [-0.39, 0.29) is 5.82 Å². The summed E-state index contributed by atoms with van der Waals surface area (Å²) in [7, 11) is 0. The van der Waals surface area contributed by atoms with Crippen molar-refractivity contribution in [2.45, 2.75) is 0 Å². The molecule has 1 nitrogen and oxygen atoms in total. The fourth-order valence-corrected chi connectivity index (χ4v) is 1.14. The topological polar surface area (TPSA) is 12.9 Å². The molecule has 13 heavy (non-hydrogen) atoms. The zero-order valence-corrected chi connectivity index (χ0v) is 6.87. The lowest BCUT2D eigenvalue weighted by Gasteiger charge is -1.99. The van der Waals surface area contributed by atoms with E-state index in [0.29, 0.717) is 0 Å². The van der Waals surface area contributed by atoms with E-state index < -0.39 is 0 Å². The Kier molecular flexibility index (Phi) is 2.04. The number of halogens is 1. The third-order valence-corrected chi connectivity index (χ3v) is 1.75. The van der Waals surface area contributed by atoms with Crippen LogP contribution in [0.15, 0.2) is 42.7 Å². The van der Waals surface area contributed by atoms with E-state index in [1.54, 1.807) is 18.5 Å². The number of hydrogen-bond donors (Lipinski definition) is 0. The van der Waals surface area contributed by atoms with E-state index in [2.05, 4.69) is 11.1 Å². The highest BCUT2D eigenvalue weighted by Crippen LogP contribution is 2.17. The van der Waals surface area contributed by atoms with Crippen molar-refractivity contribution in [1.82, 2.24) is 4.98 Å². The summed E-state index contributed by atoms with van der Waals surface area (Å²) < 4.78 is 12.8. The number of benzene rings is 1. The molecule has 1 radical (unpaired) electrons. The molecule has 0 saturated heterocycles. The molecule has 0 fully saturated rings. The van der Waals surface area contributed by atoms with Gasteiger partial charge in [-0.25, -0.2) is 4.39 Å². The summed E-state index contributed by atoms with van der Waals surface area (Å²) in [6, 6.07) is 10.9. The van der Waals surface area contributed by atoms with Gasteiger partial charge in [0.15, 0.2) is 0 Å². The van der Waals surface area contributed by atoms with E-state index in [1.165, 1.54) is 12.1 Å². The molecule has 0 saturated carbocycles. The molecule has 2 heteroatoms. The molecular weight excluding hydrogens is 165 g/mol. The van der Waals surface area contributed by atoms with Crippen LogP contribution in [0, 0.1) is 11.9 Å². The van der Waals surface area contributed by atoms with Crippen molar-refractivity contribution in [3.05, 3.63) is 54.6 Å². The van der Waals surface area contributed by atoms with Gasteiger partial charge in [-0.05, 0) is 35.9 Å². The molecule has 0 atom stereocenters. The van der Waals surface area contributed by atoms with Crippen molar-refractivity contribution in [3.63, 3.8) is 0 Å². The monoisotopic (exact) mass is 172 g/mol. The SMILES string of the molecule is Fc1c[c]cc(-c2cccnc2)c1. The average molecular weight is 172 g/mol. The van der Waals surface area contributed by atoms with Crippen LogP contribution in [0.25, 0.3) is 11.1 Å². The van der Waals surface area contributed by atoms with E-state index in [9.17, 15) is 4.39 Å². The first kappa shape index (κ1) is 7.92. The standard InChI is InChI=1S/C11H7FN/c12-11-5-1-3-9(7-11)10-4-2-6-13-8-10/h2-8H. The fraction of sp³-hybridized carbons (Fsp3) is 0. The van der Waals surface area contributed by atoms with Gasteiger partial charge in [0.25, 0.3) is 0 Å². The lowest BCUT2D eigenvalue weighted by Crippen LogP contribution is -1.80. The quantitative estimate of drug-likeness (QED) is 0.644. The summed E-state index contributed by atoms with van der Waals surface area (Å²) in [6.07, 6.45) is 3.38. The number of pyridine rings is 1. The zero-order chi connectivity index (χ0) is 9.10. The Hall–Kier alpha value is -1.70. The molecule has 0 aliphatic heterocycles. The van der Waals surface area contributed by atoms with E-state index in [1.807, 2.05) is 12.1 Å². The summed E-state index contributed by atoms with van der Waals surface area (Å²) in [5.74, 6) is -0.277. The average Bonchev–Trinajstić information content (AvgIpc) is 2.19. The second-order valence-corrected chi connectivity index (χ2v) is 2.68. The van der Waals surface area contributed by atoms with Gasteiger partial charge in [0.05, 0.1) is 0 Å². The molecule has 1 aromatic heterocycles. The first-order valence-electron chi connectivity index (χ1n) is 3.93. The Bertz CT molecular complexity index is 398. The molecule has 0 N–H and O–H groups in total. The van der Waals surface area contributed by atoms with Crippen molar-refractivity contribution in [2.24, 2.45) is 0 Å². The minimum atomic E-state index is -0.277. The van der Waals surface area contributed by atoms with Crippen molar-refractivity contribution in [3.8, 4) is 11.1 Å². The third-order valence-electron chi connectivity index (χ3n) is 1.75. The third kappa shape index (κ3) is 1.72. The fourth-order valence-electron chi connectivity index (χ4n) is 1.14. The Morgan fingerprint density at radius 2 is 2.15 bits per heavy atom. The summed E-state index contributed by atoms with van der Waals surface area (Å²) in [5.41, 5.74) is 1.70. The van der Waals surface area contributed by atoms with Crippen molar-refractivity contribution >= 4 is 0 Å². The van der Waals surface area contributed by atoms with Crippen LogP contribution in [0.1, 0.15) is 0 Å². The second kappa shape index (κ2) is 3.35. The lowest BCUT2D eigenvalue weighted by molar-refractivity contribution is 0.628. The Morgan fingerprint density at radius 1 is 1.23 bits per heavy atom. The van der Waals surface area contributed by atoms with Crippen LogP contribution in [-0.4, -0.2) is 4.98 Å². The van der Waals surface area contributed by atoms with Crippen LogP contribution in [-0.2, 0) is 0 Å². The molecule has 2 aromatic rings. The largest absolute Gasteiger partial charge is 0.264 e. The first-order valence-corrected chi connectivity index (χ1v) is 3.93. The summed E-state index contributed by atoms with van der Waals surface area (Å²) >= 11 is 0. The maximum Gasteiger partial charge on any atom is 0.124 e. The highest BCUT2D eigenvalue weighted by molar-refractivity contribution is 5.61. The van der Waals surface area contributed by atoms with E-state index in [4.69, 9.17) is 0 Å². The van der Waals surface area contributed by atoms with Gasteiger partial charge in [-0.15, -0.1) is 0 Å². The Morgan fingerprint density at radius 3 is 2.85 bits per heavy atom. The van der Waals surface area contributed by atoms with Gasteiger partial charge in [-0.3, -0.25) is 4.98 Å². The van der Waals surface area contributed by atoms with Crippen LogP contribution in [0.5, 0.6) is 0 Å². The summed E-state index contributed by atoms with van der Waals surface area (Å²) in [5, 5.41) is 0. The highest BCUT2D eigenvalue weighted by atomic mass is 19.1. The molecule has 0 bridgehead atoms. The van der Waals surface area contributed by atoms with Crippen LogP contribution in [0.4, 0.5) is 4.39 Å². The summed E-state index contributed by atoms with van der Waals surface area (Å²) in [6.45, 7) is 0. The maximum absolute atomic E-state index is 12.8.